The van der Waals surface area contributed by atoms with Crippen LogP contribution < -0.4 is 0 Å². The minimum atomic E-state index is -1.19. The van der Waals surface area contributed by atoms with E-state index in [9.17, 15) is 18.8 Å². The lowest BCUT2D eigenvalue weighted by atomic mass is 9.81. The zero-order valence-electron chi connectivity index (χ0n) is 15.7. The van der Waals surface area contributed by atoms with Gasteiger partial charge in [-0.3, -0.25) is 9.59 Å². The summed E-state index contributed by atoms with van der Waals surface area (Å²) in [4.78, 5) is 37.4. The quantitative estimate of drug-likeness (QED) is 0.434. The smallest absolute Gasteiger partial charge is 0.430 e. The van der Waals surface area contributed by atoms with Gasteiger partial charge in [-0.1, -0.05) is 11.6 Å². The predicted molar refractivity (Wildman–Crippen MR) is 99.5 cm³/mol. The number of nitrogens with zero attached hydrogens (tertiary/aromatic N) is 2. The van der Waals surface area contributed by atoms with Gasteiger partial charge in [0, 0.05) is 19.0 Å². The van der Waals surface area contributed by atoms with Gasteiger partial charge < -0.3 is 4.74 Å². The standard InChI is InChI=1S/C19H22ClFN2O4/c1-19(2,3)27-18(26)23(4)22-14-6-5-7-15(24)16(14)17(25)12-10-11(21)8-9-13(12)20/h8-10,16H,5-7H2,1-4H3/b22-14-. The molecule has 146 valence electrons. The molecule has 0 aliphatic heterocycles. The molecule has 1 fully saturated rings. The maximum Gasteiger partial charge on any atom is 0.430 e. The third kappa shape index (κ3) is 5.35. The number of carbonyl (C=O) groups is 3. The lowest BCUT2D eigenvalue weighted by molar-refractivity contribution is -0.120. The third-order valence-corrected chi connectivity index (χ3v) is 4.23. The van der Waals surface area contributed by atoms with Gasteiger partial charge in [0.1, 0.15) is 23.1 Å². The molecule has 0 saturated heterocycles. The Labute approximate surface area is 162 Å². The molecule has 0 aromatic heterocycles. The van der Waals surface area contributed by atoms with Crippen molar-refractivity contribution in [2.24, 2.45) is 11.0 Å². The Morgan fingerprint density at radius 1 is 1.30 bits per heavy atom. The highest BCUT2D eigenvalue weighted by Gasteiger charge is 2.37. The molecule has 1 unspecified atom stereocenters. The summed E-state index contributed by atoms with van der Waals surface area (Å²) in [7, 11) is 1.39. The number of hydrazone groups is 1. The van der Waals surface area contributed by atoms with Crippen LogP contribution in [-0.2, 0) is 9.53 Å². The van der Waals surface area contributed by atoms with Crippen molar-refractivity contribution in [1.82, 2.24) is 5.01 Å². The predicted octanol–water partition coefficient (Wildman–Crippen LogP) is 4.25. The van der Waals surface area contributed by atoms with E-state index >= 15 is 0 Å². The summed E-state index contributed by atoms with van der Waals surface area (Å²) in [6, 6.07) is 3.40. The first-order valence-electron chi connectivity index (χ1n) is 8.55. The maximum atomic E-state index is 13.5. The lowest BCUT2D eigenvalue weighted by Gasteiger charge is -2.26. The number of halogens is 2. The van der Waals surface area contributed by atoms with Gasteiger partial charge in [0.15, 0.2) is 5.78 Å². The van der Waals surface area contributed by atoms with Crippen molar-refractivity contribution in [3.63, 3.8) is 0 Å². The van der Waals surface area contributed by atoms with Crippen LogP contribution in [0.15, 0.2) is 23.3 Å². The molecule has 27 heavy (non-hydrogen) atoms. The van der Waals surface area contributed by atoms with Crippen molar-refractivity contribution in [2.75, 3.05) is 7.05 Å². The molecule has 2 rings (SSSR count). The largest absolute Gasteiger partial charge is 0.442 e. The summed E-state index contributed by atoms with van der Waals surface area (Å²) in [5.74, 6) is -2.78. The monoisotopic (exact) mass is 396 g/mol. The lowest BCUT2D eigenvalue weighted by Crippen LogP contribution is -2.38. The van der Waals surface area contributed by atoms with Gasteiger partial charge in [-0.2, -0.15) is 5.10 Å². The molecule has 0 spiro atoms. The minimum absolute atomic E-state index is 0.0552. The Kier molecular flexibility index (Phi) is 6.36. The molecule has 8 heteroatoms. The molecule has 0 bridgehead atoms. The van der Waals surface area contributed by atoms with Crippen molar-refractivity contribution in [1.29, 1.82) is 0 Å². The van der Waals surface area contributed by atoms with E-state index in [1.807, 2.05) is 0 Å². The Morgan fingerprint density at radius 2 is 1.96 bits per heavy atom. The van der Waals surface area contributed by atoms with E-state index in [1.54, 1.807) is 20.8 Å². The maximum absolute atomic E-state index is 13.5. The van der Waals surface area contributed by atoms with Crippen LogP contribution in [0.4, 0.5) is 9.18 Å². The molecular formula is C19H22ClFN2O4. The van der Waals surface area contributed by atoms with Crippen LogP contribution in [0.1, 0.15) is 50.4 Å². The van der Waals surface area contributed by atoms with Gasteiger partial charge in [0.05, 0.1) is 10.7 Å². The number of rotatable bonds is 3. The summed E-state index contributed by atoms with van der Waals surface area (Å²) in [5.41, 5.74) is -0.549. The second kappa shape index (κ2) is 8.17. The first kappa shape index (κ1) is 21.0. The summed E-state index contributed by atoms with van der Waals surface area (Å²) < 4.78 is 18.8. The number of benzene rings is 1. The summed E-state index contributed by atoms with van der Waals surface area (Å²) in [6.07, 6.45) is 0.379. The second-order valence-electron chi connectivity index (χ2n) is 7.34. The highest BCUT2D eigenvalue weighted by atomic mass is 35.5. The number of hydrogen-bond donors (Lipinski definition) is 0. The Hall–Kier alpha value is -2.28. The van der Waals surface area contributed by atoms with Gasteiger partial charge in [0.25, 0.3) is 0 Å². The minimum Gasteiger partial charge on any atom is -0.442 e. The average Bonchev–Trinajstić information content (AvgIpc) is 2.55. The summed E-state index contributed by atoms with van der Waals surface area (Å²) >= 11 is 6.01. The van der Waals surface area contributed by atoms with Crippen molar-refractivity contribution >= 4 is 35.0 Å². The zero-order chi connectivity index (χ0) is 20.4. The normalized spacial score (nSPS) is 19.1. The molecule has 0 radical (unpaired) electrons. The second-order valence-corrected chi connectivity index (χ2v) is 7.74. The van der Waals surface area contributed by atoms with E-state index in [0.29, 0.717) is 12.8 Å². The van der Waals surface area contributed by atoms with Crippen LogP contribution in [0, 0.1) is 11.7 Å². The average molecular weight is 397 g/mol. The topological polar surface area (TPSA) is 76.0 Å². The fraction of sp³-hybridized carbons (Fsp3) is 0.474. The molecule has 1 atom stereocenters. The number of hydrogen-bond acceptors (Lipinski definition) is 5. The van der Waals surface area contributed by atoms with E-state index < -0.39 is 29.2 Å². The number of ketones is 2. The van der Waals surface area contributed by atoms with E-state index in [2.05, 4.69) is 5.10 Å². The number of ether oxygens (including phenoxy) is 1. The van der Waals surface area contributed by atoms with E-state index in [1.165, 1.54) is 13.1 Å². The molecule has 1 saturated carbocycles. The molecule has 1 aromatic rings. The molecule has 6 nitrogen and oxygen atoms in total. The van der Waals surface area contributed by atoms with Crippen LogP contribution in [0.25, 0.3) is 0 Å². The van der Waals surface area contributed by atoms with E-state index in [4.69, 9.17) is 16.3 Å². The summed E-state index contributed by atoms with van der Waals surface area (Å²) in [5, 5.41) is 5.17. The third-order valence-electron chi connectivity index (χ3n) is 3.90. The van der Waals surface area contributed by atoms with Crippen LogP contribution in [-0.4, -0.2) is 41.0 Å². The highest BCUT2D eigenvalue weighted by Crippen LogP contribution is 2.27. The van der Waals surface area contributed by atoms with Crippen molar-refractivity contribution in [3.05, 3.63) is 34.6 Å². The number of Topliss-reactive ketones (excluding diaryl/α,β-unsaturated/α-hetero) is 2. The fourth-order valence-corrected chi connectivity index (χ4v) is 2.94. The van der Waals surface area contributed by atoms with E-state index in [0.717, 1.165) is 17.1 Å². The molecule has 1 amide bonds. The molecule has 1 aromatic carbocycles. The Morgan fingerprint density at radius 3 is 2.59 bits per heavy atom. The van der Waals surface area contributed by atoms with Gasteiger partial charge in [-0.15, -0.1) is 0 Å². The molecule has 1 aliphatic rings. The van der Waals surface area contributed by atoms with E-state index in [-0.39, 0.29) is 28.5 Å². The SMILES string of the molecule is CN(/N=C1/CCCC(=O)C1C(=O)c1cc(F)ccc1Cl)C(=O)OC(C)(C)C. The number of carbonyl (C=O) groups excluding carboxylic acids is 3. The Bertz CT molecular complexity index is 801. The number of amides is 1. The van der Waals surface area contributed by atoms with Gasteiger partial charge in [0.2, 0.25) is 0 Å². The summed E-state index contributed by atoms with van der Waals surface area (Å²) in [6.45, 7) is 5.15. The zero-order valence-corrected chi connectivity index (χ0v) is 16.5. The van der Waals surface area contributed by atoms with Crippen LogP contribution in [0.2, 0.25) is 5.02 Å². The first-order chi connectivity index (χ1) is 12.5. The molecule has 0 N–H and O–H groups in total. The van der Waals surface area contributed by atoms with Crippen molar-refractivity contribution in [3.8, 4) is 0 Å². The fourth-order valence-electron chi connectivity index (χ4n) is 2.73. The van der Waals surface area contributed by atoms with Gasteiger partial charge >= 0.3 is 6.09 Å². The van der Waals surface area contributed by atoms with Crippen LogP contribution in [0.5, 0.6) is 0 Å². The van der Waals surface area contributed by atoms with Crippen molar-refractivity contribution in [2.45, 2.75) is 45.6 Å². The van der Waals surface area contributed by atoms with Crippen molar-refractivity contribution < 1.29 is 23.5 Å². The van der Waals surface area contributed by atoms with Crippen LogP contribution in [0.3, 0.4) is 0 Å². The first-order valence-corrected chi connectivity index (χ1v) is 8.93. The van der Waals surface area contributed by atoms with Crippen LogP contribution >= 0.6 is 11.6 Å². The molecule has 1 aliphatic carbocycles. The molecular weight excluding hydrogens is 375 g/mol. The highest BCUT2D eigenvalue weighted by molar-refractivity contribution is 6.36. The van der Waals surface area contributed by atoms with Gasteiger partial charge in [-0.25, -0.2) is 14.2 Å². The molecule has 0 heterocycles. The Balaban J connectivity index is 2.34. The van der Waals surface area contributed by atoms with Gasteiger partial charge in [-0.05, 0) is 51.8 Å².